The molecule has 0 amide bonds. The first-order valence-electron chi connectivity index (χ1n) is 9.22. The standard InChI is InChI=1S/C22H20F4N2/c23-19-8-2-6-17(14-19)21-20-9-3-10-27(20)11-4-12-28(21)15-16-5-1-7-18(13-16)22(24,25)26/h1-3,5-10,13-14,21H,4,11-12,15H2/t21-/m0/s1. The van der Waals surface area contributed by atoms with Gasteiger partial charge in [-0.3, -0.25) is 4.90 Å². The van der Waals surface area contributed by atoms with Crippen LogP contribution in [-0.2, 0) is 19.3 Å². The Hall–Kier alpha value is -2.60. The van der Waals surface area contributed by atoms with E-state index in [0.29, 0.717) is 18.7 Å². The summed E-state index contributed by atoms with van der Waals surface area (Å²) in [5.74, 6) is -0.320. The number of hydrogen-bond acceptors (Lipinski definition) is 1. The molecule has 1 aliphatic rings. The number of hydrogen-bond donors (Lipinski definition) is 0. The lowest BCUT2D eigenvalue weighted by atomic mass is 10.0. The van der Waals surface area contributed by atoms with Gasteiger partial charge in [0.1, 0.15) is 5.82 Å². The molecule has 1 atom stereocenters. The normalized spacial score (nSPS) is 17.9. The zero-order chi connectivity index (χ0) is 19.7. The summed E-state index contributed by atoms with van der Waals surface area (Å²) in [4.78, 5) is 2.13. The van der Waals surface area contributed by atoms with E-state index in [1.165, 1.54) is 24.3 Å². The Morgan fingerprint density at radius 3 is 2.54 bits per heavy atom. The first-order chi connectivity index (χ1) is 13.4. The number of aromatic nitrogens is 1. The van der Waals surface area contributed by atoms with E-state index in [-0.39, 0.29) is 11.9 Å². The van der Waals surface area contributed by atoms with Gasteiger partial charge in [-0.25, -0.2) is 4.39 Å². The fourth-order valence-corrected chi connectivity index (χ4v) is 3.95. The Balaban J connectivity index is 1.72. The van der Waals surface area contributed by atoms with E-state index in [1.807, 2.05) is 24.4 Å². The van der Waals surface area contributed by atoms with Gasteiger partial charge in [-0.2, -0.15) is 13.2 Å². The number of nitrogens with zero attached hydrogens (tertiary/aromatic N) is 2. The third kappa shape index (κ3) is 3.83. The first-order valence-corrected chi connectivity index (χ1v) is 9.22. The molecule has 28 heavy (non-hydrogen) atoms. The van der Waals surface area contributed by atoms with Crippen LogP contribution in [0.25, 0.3) is 0 Å². The van der Waals surface area contributed by atoms with Gasteiger partial charge in [0, 0.05) is 31.5 Å². The minimum atomic E-state index is -4.37. The lowest BCUT2D eigenvalue weighted by Crippen LogP contribution is -2.29. The summed E-state index contributed by atoms with van der Waals surface area (Å²) in [7, 11) is 0. The predicted octanol–water partition coefficient (Wildman–Crippen LogP) is 5.64. The molecule has 0 bridgehead atoms. The quantitative estimate of drug-likeness (QED) is 0.527. The molecule has 0 fully saturated rings. The predicted molar refractivity (Wildman–Crippen MR) is 99.1 cm³/mol. The maximum atomic E-state index is 13.9. The zero-order valence-corrected chi connectivity index (χ0v) is 15.2. The van der Waals surface area contributed by atoms with E-state index in [2.05, 4.69) is 9.47 Å². The molecular weight excluding hydrogens is 368 g/mol. The van der Waals surface area contributed by atoms with E-state index in [0.717, 1.165) is 30.3 Å². The van der Waals surface area contributed by atoms with Crippen molar-refractivity contribution in [1.82, 2.24) is 9.47 Å². The Morgan fingerprint density at radius 2 is 1.75 bits per heavy atom. The lowest BCUT2D eigenvalue weighted by Gasteiger charge is -2.31. The van der Waals surface area contributed by atoms with E-state index < -0.39 is 11.7 Å². The van der Waals surface area contributed by atoms with E-state index >= 15 is 0 Å². The van der Waals surface area contributed by atoms with E-state index in [4.69, 9.17) is 0 Å². The molecule has 0 aliphatic carbocycles. The Kier molecular flexibility index (Phi) is 4.98. The van der Waals surface area contributed by atoms with Gasteiger partial charge in [-0.05, 0) is 47.9 Å². The third-order valence-corrected chi connectivity index (χ3v) is 5.16. The lowest BCUT2D eigenvalue weighted by molar-refractivity contribution is -0.137. The van der Waals surface area contributed by atoms with Gasteiger partial charge in [0.15, 0.2) is 0 Å². The number of fused-ring (bicyclic) bond motifs is 1. The summed E-state index contributed by atoms with van der Waals surface area (Å²) >= 11 is 0. The molecule has 3 aromatic rings. The molecule has 0 radical (unpaired) electrons. The minimum Gasteiger partial charge on any atom is -0.350 e. The van der Waals surface area contributed by atoms with Crippen LogP contribution in [0.3, 0.4) is 0 Å². The minimum absolute atomic E-state index is 0.220. The second-order valence-corrected chi connectivity index (χ2v) is 7.11. The van der Waals surface area contributed by atoms with Gasteiger partial charge in [0.25, 0.3) is 0 Å². The fourth-order valence-electron chi connectivity index (χ4n) is 3.95. The van der Waals surface area contributed by atoms with Crippen molar-refractivity contribution >= 4 is 0 Å². The fraction of sp³-hybridized carbons (Fsp3) is 0.273. The van der Waals surface area contributed by atoms with Crippen molar-refractivity contribution < 1.29 is 17.6 Å². The number of alkyl halides is 3. The highest BCUT2D eigenvalue weighted by molar-refractivity contribution is 5.31. The van der Waals surface area contributed by atoms with Crippen molar-refractivity contribution in [3.63, 3.8) is 0 Å². The smallest absolute Gasteiger partial charge is 0.350 e. The maximum absolute atomic E-state index is 13.9. The molecule has 6 heteroatoms. The Bertz CT molecular complexity index is 961. The van der Waals surface area contributed by atoms with Crippen LogP contribution in [0.4, 0.5) is 17.6 Å². The second kappa shape index (κ2) is 7.43. The van der Waals surface area contributed by atoms with Crippen LogP contribution >= 0.6 is 0 Å². The van der Waals surface area contributed by atoms with Gasteiger partial charge in [-0.15, -0.1) is 0 Å². The number of halogens is 4. The van der Waals surface area contributed by atoms with E-state index in [1.54, 1.807) is 12.1 Å². The molecule has 1 aromatic heterocycles. The molecule has 0 saturated carbocycles. The monoisotopic (exact) mass is 388 g/mol. The number of aryl methyl sites for hydroxylation is 1. The van der Waals surface area contributed by atoms with Gasteiger partial charge < -0.3 is 4.57 Å². The van der Waals surface area contributed by atoms with E-state index in [9.17, 15) is 17.6 Å². The van der Waals surface area contributed by atoms with Crippen molar-refractivity contribution in [2.45, 2.75) is 31.7 Å². The van der Waals surface area contributed by atoms with Crippen molar-refractivity contribution in [2.24, 2.45) is 0 Å². The first kappa shape index (κ1) is 18.7. The summed E-state index contributed by atoms with van der Waals surface area (Å²) < 4.78 is 55.3. The number of rotatable bonds is 3. The molecule has 0 unspecified atom stereocenters. The Morgan fingerprint density at radius 1 is 0.929 bits per heavy atom. The van der Waals surface area contributed by atoms with Gasteiger partial charge in [0.2, 0.25) is 0 Å². The third-order valence-electron chi connectivity index (χ3n) is 5.16. The van der Waals surface area contributed by atoms with Crippen molar-refractivity contribution in [2.75, 3.05) is 6.54 Å². The SMILES string of the molecule is Fc1cccc([C@H]2c3cccn3CCCN2Cc2cccc(C(F)(F)F)c2)c1. The summed E-state index contributed by atoms with van der Waals surface area (Å²) in [5.41, 5.74) is 1.77. The summed E-state index contributed by atoms with van der Waals surface area (Å²) in [6.07, 6.45) is -1.51. The molecule has 2 nitrogen and oxygen atoms in total. The highest BCUT2D eigenvalue weighted by Gasteiger charge is 2.31. The summed E-state index contributed by atoms with van der Waals surface area (Å²) in [6, 6.07) is 15.6. The number of benzene rings is 2. The summed E-state index contributed by atoms with van der Waals surface area (Å²) in [6.45, 7) is 1.89. The van der Waals surface area contributed by atoms with Crippen molar-refractivity contribution in [3.8, 4) is 0 Å². The topological polar surface area (TPSA) is 8.17 Å². The van der Waals surface area contributed by atoms with Crippen LogP contribution in [0, 0.1) is 5.82 Å². The van der Waals surface area contributed by atoms with Gasteiger partial charge >= 0.3 is 6.18 Å². The molecule has 4 rings (SSSR count). The van der Waals surface area contributed by atoms with Crippen LogP contribution in [-0.4, -0.2) is 16.0 Å². The molecule has 0 spiro atoms. The van der Waals surface area contributed by atoms with Crippen molar-refractivity contribution in [1.29, 1.82) is 0 Å². The average Bonchev–Trinajstić information content (AvgIpc) is 3.03. The van der Waals surface area contributed by atoms with Crippen LogP contribution in [0.5, 0.6) is 0 Å². The largest absolute Gasteiger partial charge is 0.416 e. The second-order valence-electron chi connectivity index (χ2n) is 7.11. The molecule has 1 aliphatic heterocycles. The average molecular weight is 388 g/mol. The van der Waals surface area contributed by atoms with Gasteiger partial charge in [-0.1, -0.05) is 30.3 Å². The highest BCUT2D eigenvalue weighted by Crippen LogP contribution is 2.34. The molecule has 0 N–H and O–H groups in total. The molecule has 0 saturated heterocycles. The maximum Gasteiger partial charge on any atom is 0.416 e. The van der Waals surface area contributed by atoms with Crippen molar-refractivity contribution in [3.05, 3.63) is 95.1 Å². The van der Waals surface area contributed by atoms with Crippen LogP contribution < -0.4 is 0 Å². The molecule has 2 aromatic carbocycles. The molecular formula is C22H20F4N2. The Labute approximate surface area is 161 Å². The van der Waals surface area contributed by atoms with Crippen LogP contribution in [0.1, 0.15) is 34.8 Å². The molecule has 2 heterocycles. The van der Waals surface area contributed by atoms with Crippen LogP contribution in [0.15, 0.2) is 66.9 Å². The molecule has 146 valence electrons. The highest BCUT2D eigenvalue weighted by atomic mass is 19.4. The zero-order valence-electron chi connectivity index (χ0n) is 15.2. The van der Waals surface area contributed by atoms with Crippen LogP contribution in [0.2, 0.25) is 0 Å². The summed E-state index contributed by atoms with van der Waals surface area (Å²) in [5, 5.41) is 0. The van der Waals surface area contributed by atoms with Gasteiger partial charge in [0.05, 0.1) is 11.6 Å².